The monoisotopic (exact) mass is 290 g/mol. The highest BCUT2D eigenvalue weighted by molar-refractivity contribution is 6.01. The minimum Gasteiger partial charge on any atom is -0.497 e. The summed E-state index contributed by atoms with van der Waals surface area (Å²) in [6, 6.07) is 7.83. The van der Waals surface area contributed by atoms with Crippen molar-refractivity contribution in [2.75, 3.05) is 20.8 Å². The Morgan fingerprint density at radius 2 is 1.95 bits per heavy atom. The van der Waals surface area contributed by atoms with E-state index in [2.05, 4.69) is 0 Å². The zero-order valence-electron chi connectivity index (χ0n) is 11.6. The van der Waals surface area contributed by atoms with Crippen molar-refractivity contribution in [2.24, 2.45) is 0 Å². The Hall–Kier alpha value is -2.76. The fourth-order valence-corrected chi connectivity index (χ4v) is 1.71. The summed E-state index contributed by atoms with van der Waals surface area (Å²) in [4.78, 5) is 23.7. The van der Waals surface area contributed by atoms with E-state index in [4.69, 9.17) is 18.6 Å². The van der Waals surface area contributed by atoms with Gasteiger partial charge >= 0.3 is 5.97 Å². The molecule has 0 aliphatic carbocycles. The summed E-state index contributed by atoms with van der Waals surface area (Å²) in [7, 11) is 2.94. The summed E-state index contributed by atoms with van der Waals surface area (Å²) in [6.45, 7) is -0.414. The number of hydrogen-bond acceptors (Lipinski definition) is 6. The number of hydrogen-bond donors (Lipinski definition) is 0. The molecule has 6 nitrogen and oxygen atoms in total. The number of furan rings is 1. The lowest BCUT2D eigenvalue weighted by molar-refractivity contribution is 0.0443. The van der Waals surface area contributed by atoms with Crippen LogP contribution in [-0.2, 0) is 4.74 Å². The fourth-order valence-electron chi connectivity index (χ4n) is 1.71. The van der Waals surface area contributed by atoms with Gasteiger partial charge in [-0.25, -0.2) is 4.79 Å². The van der Waals surface area contributed by atoms with Gasteiger partial charge in [-0.1, -0.05) is 0 Å². The molecule has 0 bridgehead atoms. The molecule has 0 N–H and O–H groups in total. The first-order valence-electron chi connectivity index (χ1n) is 6.11. The van der Waals surface area contributed by atoms with Crippen molar-refractivity contribution in [1.82, 2.24) is 0 Å². The molecule has 0 atom stereocenters. The summed E-state index contributed by atoms with van der Waals surface area (Å²) in [6.07, 6.45) is 1.35. The number of methoxy groups -OCH3 is 2. The smallest absolute Gasteiger partial charge is 0.374 e. The molecule has 0 aliphatic rings. The number of ether oxygens (including phenoxy) is 3. The second-order valence-corrected chi connectivity index (χ2v) is 4.04. The van der Waals surface area contributed by atoms with Crippen molar-refractivity contribution in [3.63, 3.8) is 0 Å². The predicted octanol–water partition coefficient (Wildman–Crippen LogP) is 2.34. The second-order valence-electron chi connectivity index (χ2n) is 4.04. The molecule has 0 radical (unpaired) electrons. The third kappa shape index (κ3) is 3.42. The van der Waals surface area contributed by atoms with E-state index in [0.717, 1.165) is 0 Å². The first-order chi connectivity index (χ1) is 10.2. The molecule has 0 fully saturated rings. The number of carbonyl (C=O) groups is 2. The van der Waals surface area contributed by atoms with E-state index in [9.17, 15) is 9.59 Å². The number of esters is 1. The highest BCUT2D eigenvalue weighted by Gasteiger charge is 2.17. The number of Topliss-reactive ketones (excluding diaryl/α,β-unsaturated/α-hetero) is 1. The number of carbonyl (C=O) groups excluding carboxylic acids is 2. The molecule has 21 heavy (non-hydrogen) atoms. The Kier molecular flexibility index (Phi) is 4.61. The van der Waals surface area contributed by atoms with Gasteiger partial charge in [0.05, 0.1) is 26.0 Å². The van der Waals surface area contributed by atoms with Gasteiger partial charge in [-0.15, -0.1) is 0 Å². The molecule has 0 aliphatic heterocycles. The van der Waals surface area contributed by atoms with Crippen LogP contribution in [0.4, 0.5) is 0 Å². The van der Waals surface area contributed by atoms with E-state index in [1.165, 1.54) is 32.6 Å². The van der Waals surface area contributed by atoms with E-state index in [-0.39, 0.29) is 11.3 Å². The number of rotatable bonds is 6. The molecule has 2 rings (SSSR count). The summed E-state index contributed by atoms with van der Waals surface area (Å²) in [5, 5.41) is 0. The SMILES string of the molecule is COc1ccc(OC)c(C(=O)COC(=O)c2ccco2)c1. The van der Waals surface area contributed by atoms with Crippen LogP contribution in [0.3, 0.4) is 0 Å². The summed E-state index contributed by atoms with van der Waals surface area (Å²) < 4.78 is 19.9. The third-order valence-electron chi connectivity index (χ3n) is 2.76. The van der Waals surface area contributed by atoms with Crippen molar-refractivity contribution >= 4 is 11.8 Å². The van der Waals surface area contributed by atoms with Gasteiger partial charge in [0.15, 0.2) is 6.61 Å². The summed E-state index contributed by atoms with van der Waals surface area (Å²) >= 11 is 0. The van der Waals surface area contributed by atoms with Crippen molar-refractivity contribution in [2.45, 2.75) is 0 Å². The van der Waals surface area contributed by atoms with Crippen LogP contribution in [0.15, 0.2) is 41.0 Å². The maximum absolute atomic E-state index is 12.1. The van der Waals surface area contributed by atoms with Crippen LogP contribution < -0.4 is 9.47 Å². The Morgan fingerprint density at radius 1 is 1.14 bits per heavy atom. The van der Waals surface area contributed by atoms with Gasteiger partial charge in [-0.2, -0.15) is 0 Å². The van der Waals surface area contributed by atoms with Crippen LogP contribution in [0.25, 0.3) is 0 Å². The maximum atomic E-state index is 12.1. The van der Waals surface area contributed by atoms with E-state index in [1.54, 1.807) is 18.2 Å². The minimum atomic E-state index is -0.699. The molecule has 0 spiro atoms. The molecular weight excluding hydrogens is 276 g/mol. The molecule has 1 aromatic carbocycles. The third-order valence-corrected chi connectivity index (χ3v) is 2.76. The lowest BCUT2D eigenvalue weighted by Crippen LogP contribution is -2.14. The molecule has 0 saturated carbocycles. The minimum absolute atomic E-state index is 0.0420. The first kappa shape index (κ1) is 14.6. The predicted molar refractivity (Wildman–Crippen MR) is 72.9 cm³/mol. The van der Waals surface area contributed by atoms with Crippen molar-refractivity contribution < 1.29 is 28.2 Å². The van der Waals surface area contributed by atoms with Gasteiger partial charge in [0.2, 0.25) is 11.5 Å². The normalized spacial score (nSPS) is 10.0. The van der Waals surface area contributed by atoms with Crippen LogP contribution >= 0.6 is 0 Å². The molecule has 0 saturated heterocycles. The highest BCUT2D eigenvalue weighted by atomic mass is 16.5. The van der Waals surface area contributed by atoms with Gasteiger partial charge in [0.1, 0.15) is 11.5 Å². The van der Waals surface area contributed by atoms with E-state index in [0.29, 0.717) is 11.5 Å². The molecule has 0 unspecified atom stereocenters. The summed E-state index contributed by atoms with van der Waals surface area (Å²) in [5.74, 6) is -0.160. The zero-order chi connectivity index (χ0) is 15.2. The summed E-state index contributed by atoms with van der Waals surface area (Å²) in [5.41, 5.74) is 0.282. The van der Waals surface area contributed by atoms with E-state index >= 15 is 0 Å². The molecule has 6 heteroatoms. The molecule has 1 heterocycles. The topological polar surface area (TPSA) is 75.0 Å². The highest BCUT2D eigenvalue weighted by Crippen LogP contribution is 2.24. The molecule has 1 aromatic heterocycles. The van der Waals surface area contributed by atoms with Crippen molar-refractivity contribution in [1.29, 1.82) is 0 Å². The second kappa shape index (κ2) is 6.60. The Bertz CT molecular complexity index is 630. The van der Waals surface area contributed by atoms with Crippen LogP contribution in [0.5, 0.6) is 11.5 Å². The van der Waals surface area contributed by atoms with Crippen LogP contribution in [0.2, 0.25) is 0 Å². The van der Waals surface area contributed by atoms with Crippen LogP contribution in [0.1, 0.15) is 20.9 Å². The van der Waals surface area contributed by atoms with E-state index < -0.39 is 18.4 Å². The molecule has 0 amide bonds. The largest absolute Gasteiger partial charge is 0.497 e. The van der Waals surface area contributed by atoms with Gasteiger partial charge in [-0.3, -0.25) is 4.79 Å². The van der Waals surface area contributed by atoms with Gasteiger partial charge in [0, 0.05) is 0 Å². The van der Waals surface area contributed by atoms with Crippen LogP contribution in [-0.4, -0.2) is 32.6 Å². The average Bonchev–Trinajstić information content (AvgIpc) is 3.06. The van der Waals surface area contributed by atoms with Gasteiger partial charge in [0.25, 0.3) is 0 Å². The lowest BCUT2D eigenvalue weighted by Gasteiger charge is -2.09. The Morgan fingerprint density at radius 3 is 2.57 bits per heavy atom. The maximum Gasteiger partial charge on any atom is 0.374 e. The average molecular weight is 290 g/mol. The Labute approximate surface area is 121 Å². The Balaban J connectivity index is 2.08. The fraction of sp³-hybridized carbons (Fsp3) is 0.200. The van der Waals surface area contributed by atoms with Crippen molar-refractivity contribution in [3.8, 4) is 11.5 Å². The van der Waals surface area contributed by atoms with Gasteiger partial charge < -0.3 is 18.6 Å². The zero-order valence-corrected chi connectivity index (χ0v) is 11.6. The molecular formula is C15H14O6. The quantitative estimate of drug-likeness (QED) is 0.600. The molecule has 2 aromatic rings. The molecule has 110 valence electrons. The first-order valence-corrected chi connectivity index (χ1v) is 6.11. The van der Waals surface area contributed by atoms with E-state index in [1.807, 2.05) is 0 Å². The number of benzene rings is 1. The number of ketones is 1. The standard InChI is InChI=1S/C15H14O6/c1-18-10-5-6-13(19-2)11(8-10)12(16)9-21-15(17)14-4-3-7-20-14/h3-8H,9H2,1-2H3. The van der Waals surface area contributed by atoms with Crippen LogP contribution in [0, 0.1) is 0 Å². The van der Waals surface area contributed by atoms with Gasteiger partial charge in [-0.05, 0) is 30.3 Å². The van der Waals surface area contributed by atoms with Crippen molar-refractivity contribution in [3.05, 3.63) is 47.9 Å². The lowest BCUT2D eigenvalue weighted by atomic mass is 10.1.